The predicted octanol–water partition coefficient (Wildman–Crippen LogP) is 3.77. The zero-order chi connectivity index (χ0) is 20.6. The highest BCUT2D eigenvalue weighted by Crippen LogP contribution is 2.20. The summed E-state index contributed by atoms with van der Waals surface area (Å²) in [5, 5.41) is 2.78. The van der Waals surface area contributed by atoms with E-state index in [1.165, 1.54) is 0 Å². The van der Waals surface area contributed by atoms with E-state index >= 15 is 0 Å². The van der Waals surface area contributed by atoms with E-state index in [0.29, 0.717) is 18.0 Å². The van der Waals surface area contributed by atoms with Gasteiger partial charge in [0.15, 0.2) is 6.10 Å². The molecule has 3 N–H and O–H groups in total. The van der Waals surface area contributed by atoms with Crippen molar-refractivity contribution in [3.8, 4) is 11.5 Å². The maximum atomic E-state index is 12.4. The second-order valence-electron chi connectivity index (χ2n) is 6.41. The first-order valence-corrected chi connectivity index (χ1v) is 9.16. The molecule has 0 saturated carbocycles. The van der Waals surface area contributed by atoms with Gasteiger partial charge in [0.1, 0.15) is 18.1 Å². The lowest BCUT2D eigenvalue weighted by molar-refractivity contribution is -0.122. The standard InChI is InChI=1S/C23H22N2O4/c1-16(29-21-10-6-5-9-20(21)22(24)26)23(27)25-18-11-13-19(14-12-18)28-15-17-7-3-2-4-8-17/h2-14,16H,15H2,1H3,(H2,24,26)(H,25,27)/t16-/m0/s1. The number of rotatable bonds is 8. The first kappa shape index (κ1) is 19.9. The van der Waals surface area contributed by atoms with Crippen LogP contribution < -0.4 is 20.5 Å². The summed E-state index contributed by atoms with van der Waals surface area (Å²) in [7, 11) is 0. The van der Waals surface area contributed by atoms with Crippen LogP contribution >= 0.6 is 0 Å². The highest BCUT2D eigenvalue weighted by Gasteiger charge is 2.18. The average molecular weight is 390 g/mol. The Morgan fingerprint density at radius 2 is 1.59 bits per heavy atom. The quantitative estimate of drug-likeness (QED) is 0.613. The molecule has 0 heterocycles. The third-order valence-corrected chi connectivity index (χ3v) is 4.20. The number of para-hydroxylation sites is 1. The molecule has 0 fully saturated rings. The monoisotopic (exact) mass is 390 g/mol. The Kier molecular flexibility index (Phi) is 6.47. The smallest absolute Gasteiger partial charge is 0.265 e. The summed E-state index contributed by atoms with van der Waals surface area (Å²) in [6, 6.07) is 23.5. The number of benzene rings is 3. The Bertz CT molecular complexity index is 972. The first-order valence-electron chi connectivity index (χ1n) is 9.16. The van der Waals surface area contributed by atoms with Crippen molar-refractivity contribution in [1.29, 1.82) is 0 Å². The maximum absolute atomic E-state index is 12.4. The molecule has 0 saturated heterocycles. The minimum atomic E-state index is -0.815. The Balaban J connectivity index is 1.55. The van der Waals surface area contributed by atoms with Gasteiger partial charge in [0.25, 0.3) is 11.8 Å². The fraction of sp³-hybridized carbons (Fsp3) is 0.130. The molecule has 0 bridgehead atoms. The number of nitrogens with one attached hydrogen (secondary N) is 1. The summed E-state index contributed by atoms with van der Waals surface area (Å²) in [5.41, 5.74) is 7.25. The van der Waals surface area contributed by atoms with Crippen LogP contribution in [0, 0.1) is 0 Å². The zero-order valence-corrected chi connectivity index (χ0v) is 16.0. The highest BCUT2D eigenvalue weighted by molar-refractivity contribution is 5.96. The van der Waals surface area contributed by atoms with E-state index in [2.05, 4.69) is 5.32 Å². The predicted molar refractivity (Wildman–Crippen MR) is 111 cm³/mol. The summed E-state index contributed by atoms with van der Waals surface area (Å²) < 4.78 is 11.3. The van der Waals surface area contributed by atoms with Crippen LogP contribution in [0.15, 0.2) is 78.9 Å². The van der Waals surface area contributed by atoms with Crippen molar-refractivity contribution in [2.75, 3.05) is 5.32 Å². The van der Waals surface area contributed by atoms with Crippen molar-refractivity contribution in [2.45, 2.75) is 19.6 Å². The lowest BCUT2D eigenvalue weighted by Crippen LogP contribution is -2.30. The van der Waals surface area contributed by atoms with Crippen LogP contribution in [0.3, 0.4) is 0 Å². The molecule has 0 aliphatic heterocycles. The van der Waals surface area contributed by atoms with Crippen LogP contribution in [0.5, 0.6) is 11.5 Å². The van der Waals surface area contributed by atoms with Crippen molar-refractivity contribution in [3.05, 3.63) is 90.0 Å². The molecule has 3 aromatic rings. The van der Waals surface area contributed by atoms with Crippen molar-refractivity contribution in [2.24, 2.45) is 5.73 Å². The van der Waals surface area contributed by atoms with E-state index in [-0.39, 0.29) is 17.2 Å². The number of amides is 2. The van der Waals surface area contributed by atoms with E-state index in [1.54, 1.807) is 55.5 Å². The average Bonchev–Trinajstić information content (AvgIpc) is 2.74. The van der Waals surface area contributed by atoms with Crippen LogP contribution in [0.25, 0.3) is 0 Å². The van der Waals surface area contributed by atoms with Gasteiger partial charge in [-0.2, -0.15) is 0 Å². The molecule has 0 aromatic heterocycles. The molecule has 6 heteroatoms. The summed E-state index contributed by atoms with van der Waals surface area (Å²) in [6.07, 6.45) is -0.815. The number of ether oxygens (including phenoxy) is 2. The fourth-order valence-electron chi connectivity index (χ4n) is 2.64. The number of nitrogens with two attached hydrogens (primary N) is 1. The van der Waals surface area contributed by atoms with E-state index in [4.69, 9.17) is 15.2 Å². The Labute approximate surface area is 169 Å². The van der Waals surface area contributed by atoms with Gasteiger partial charge in [-0.25, -0.2) is 0 Å². The largest absolute Gasteiger partial charge is 0.489 e. The van der Waals surface area contributed by atoms with Crippen LogP contribution in [-0.2, 0) is 11.4 Å². The Hall–Kier alpha value is -3.80. The maximum Gasteiger partial charge on any atom is 0.265 e. The lowest BCUT2D eigenvalue weighted by atomic mass is 10.2. The van der Waals surface area contributed by atoms with Gasteiger partial charge in [0.2, 0.25) is 0 Å². The van der Waals surface area contributed by atoms with Crippen LogP contribution in [-0.4, -0.2) is 17.9 Å². The fourth-order valence-corrected chi connectivity index (χ4v) is 2.64. The number of anilines is 1. The SMILES string of the molecule is C[C@H](Oc1ccccc1C(N)=O)C(=O)Nc1ccc(OCc2ccccc2)cc1. The van der Waals surface area contributed by atoms with Gasteiger partial charge >= 0.3 is 0 Å². The van der Waals surface area contributed by atoms with Crippen LogP contribution in [0.4, 0.5) is 5.69 Å². The molecule has 3 rings (SSSR count). The molecule has 0 aliphatic rings. The molecule has 0 radical (unpaired) electrons. The van der Waals surface area contributed by atoms with Crippen molar-refractivity contribution < 1.29 is 19.1 Å². The van der Waals surface area contributed by atoms with Crippen molar-refractivity contribution >= 4 is 17.5 Å². The molecule has 3 aromatic carbocycles. The zero-order valence-electron chi connectivity index (χ0n) is 16.0. The highest BCUT2D eigenvalue weighted by atomic mass is 16.5. The minimum Gasteiger partial charge on any atom is -0.489 e. The normalized spacial score (nSPS) is 11.3. The molecule has 148 valence electrons. The molecular formula is C23H22N2O4. The molecule has 0 aliphatic carbocycles. The summed E-state index contributed by atoms with van der Waals surface area (Å²) in [4.78, 5) is 23.9. The molecular weight excluding hydrogens is 368 g/mol. The Morgan fingerprint density at radius 3 is 2.28 bits per heavy atom. The molecule has 0 spiro atoms. The molecule has 1 atom stereocenters. The van der Waals surface area contributed by atoms with Gasteiger partial charge in [0, 0.05) is 5.69 Å². The van der Waals surface area contributed by atoms with E-state index in [9.17, 15) is 9.59 Å². The topological polar surface area (TPSA) is 90.7 Å². The summed E-state index contributed by atoms with van der Waals surface area (Å²) >= 11 is 0. The number of carbonyl (C=O) groups is 2. The van der Waals surface area contributed by atoms with Crippen LogP contribution in [0.2, 0.25) is 0 Å². The van der Waals surface area contributed by atoms with Gasteiger partial charge in [0.05, 0.1) is 5.56 Å². The number of primary amides is 1. The molecule has 6 nitrogen and oxygen atoms in total. The van der Waals surface area contributed by atoms with E-state index in [0.717, 1.165) is 5.56 Å². The Morgan fingerprint density at radius 1 is 0.931 bits per heavy atom. The molecule has 29 heavy (non-hydrogen) atoms. The van der Waals surface area contributed by atoms with Gasteiger partial charge in [-0.3, -0.25) is 9.59 Å². The second-order valence-corrected chi connectivity index (χ2v) is 6.41. The van der Waals surface area contributed by atoms with Gasteiger partial charge in [-0.1, -0.05) is 42.5 Å². The third kappa shape index (κ3) is 5.59. The van der Waals surface area contributed by atoms with Crippen molar-refractivity contribution in [1.82, 2.24) is 0 Å². The summed E-state index contributed by atoms with van der Waals surface area (Å²) in [6.45, 7) is 2.07. The number of hydrogen-bond donors (Lipinski definition) is 2. The lowest BCUT2D eigenvalue weighted by Gasteiger charge is -2.16. The second kappa shape index (κ2) is 9.41. The molecule has 2 amide bonds. The summed E-state index contributed by atoms with van der Waals surface area (Å²) in [5.74, 6) is 0.0142. The van der Waals surface area contributed by atoms with Crippen molar-refractivity contribution in [3.63, 3.8) is 0 Å². The van der Waals surface area contributed by atoms with E-state index in [1.807, 2.05) is 30.3 Å². The first-order chi connectivity index (χ1) is 14.0. The molecule has 0 unspecified atom stereocenters. The van der Waals surface area contributed by atoms with Gasteiger partial charge in [-0.15, -0.1) is 0 Å². The van der Waals surface area contributed by atoms with Gasteiger partial charge < -0.3 is 20.5 Å². The third-order valence-electron chi connectivity index (χ3n) is 4.20. The number of hydrogen-bond acceptors (Lipinski definition) is 4. The number of carbonyl (C=O) groups excluding carboxylic acids is 2. The minimum absolute atomic E-state index is 0.229. The van der Waals surface area contributed by atoms with Crippen LogP contribution in [0.1, 0.15) is 22.8 Å². The van der Waals surface area contributed by atoms with Gasteiger partial charge in [-0.05, 0) is 48.9 Å². The van der Waals surface area contributed by atoms with E-state index < -0.39 is 12.0 Å².